The summed E-state index contributed by atoms with van der Waals surface area (Å²) in [6.07, 6.45) is 3.23. The van der Waals surface area contributed by atoms with E-state index < -0.39 is 0 Å². The molecule has 1 aromatic heterocycles. The lowest BCUT2D eigenvalue weighted by atomic mass is 9.72. The van der Waals surface area contributed by atoms with Gasteiger partial charge in [0.05, 0.1) is 17.7 Å². The van der Waals surface area contributed by atoms with Gasteiger partial charge in [0.25, 0.3) is 11.8 Å². The molecule has 0 spiro atoms. The number of methoxy groups -OCH3 is 1. The second-order valence-electron chi connectivity index (χ2n) is 10.3. The lowest BCUT2D eigenvalue weighted by Gasteiger charge is -2.33. The highest BCUT2D eigenvalue weighted by atomic mass is 32.1. The van der Waals surface area contributed by atoms with Crippen LogP contribution in [0.5, 0.6) is 5.75 Å². The number of ether oxygens (including phenoxy) is 1. The fourth-order valence-corrected chi connectivity index (χ4v) is 5.79. The average Bonchev–Trinajstić information content (AvgIpc) is 3.22. The van der Waals surface area contributed by atoms with E-state index in [-0.39, 0.29) is 17.2 Å². The van der Waals surface area contributed by atoms with Crippen molar-refractivity contribution in [1.29, 1.82) is 0 Å². The maximum absolute atomic E-state index is 13.1. The van der Waals surface area contributed by atoms with Gasteiger partial charge in [0.2, 0.25) is 0 Å². The second kappa shape index (κ2) is 9.47. The minimum absolute atomic E-state index is 0.0129. The van der Waals surface area contributed by atoms with Crippen molar-refractivity contribution in [3.05, 3.63) is 45.1 Å². The summed E-state index contributed by atoms with van der Waals surface area (Å²) in [5.41, 5.74) is 2.67. The van der Waals surface area contributed by atoms with E-state index in [2.05, 4.69) is 44.1 Å². The van der Waals surface area contributed by atoms with Gasteiger partial charge in [0, 0.05) is 36.6 Å². The fraction of sp³-hybridized carbons (Fsp3) is 0.538. The van der Waals surface area contributed by atoms with E-state index in [0.717, 1.165) is 25.9 Å². The topological polar surface area (TPSA) is 61.9 Å². The zero-order chi connectivity index (χ0) is 23.8. The number of anilines is 1. The first kappa shape index (κ1) is 23.8. The molecule has 1 fully saturated rings. The zero-order valence-electron chi connectivity index (χ0n) is 20.4. The SMILES string of the molecule is COc1ccc(C(=O)N2CCN(C)CC2)cc1NC(=O)c1cc2c(s1)CCC(C(C)(C)C)C2. The Balaban J connectivity index is 1.51. The van der Waals surface area contributed by atoms with Gasteiger partial charge in [0.1, 0.15) is 5.75 Å². The first-order chi connectivity index (χ1) is 15.7. The van der Waals surface area contributed by atoms with Gasteiger partial charge in [0.15, 0.2) is 0 Å². The zero-order valence-corrected chi connectivity index (χ0v) is 21.2. The van der Waals surface area contributed by atoms with Crippen LogP contribution >= 0.6 is 11.3 Å². The molecule has 2 aliphatic rings. The van der Waals surface area contributed by atoms with Crippen LogP contribution in [0.25, 0.3) is 0 Å². The summed E-state index contributed by atoms with van der Waals surface area (Å²) < 4.78 is 5.47. The van der Waals surface area contributed by atoms with E-state index in [1.165, 1.54) is 16.9 Å². The maximum Gasteiger partial charge on any atom is 0.265 e. The number of rotatable bonds is 4. The van der Waals surface area contributed by atoms with E-state index in [9.17, 15) is 9.59 Å². The highest BCUT2D eigenvalue weighted by Gasteiger charge is 2.30. The number of likely N-dealkylation sites (N-methyl/N-ethyl adjacent to an activating group) is 1. The Morgan fingerprint density at radius 1 is 1.12 bits per heavy atom. The molecular weight excluding hydrogens is 434 g/mol. The Morgan fingerprint density at radius 3 is 2.52 bits per heavy atom. The molecule has 0 saturated carbocycles. The molecule has 1 unspecified atom stereocenters. The number of amides is 2. The molecule has 1 N–H and O–H groups in total. The highest BCUT2D eigenvalue weighted by molar-refractivity contribution is 7.14. The van der Waals surface area contributed by atoms with Crippen LogP contribution in [0.4, 0.5) is 5.69 Å². The van der Waals surface area contributed by atoms with Crippen molar-refractivity contribution >= 4 is 28.8 Å². The molecule has 2 aromatic rings. The molecule has 0 bridgehead atoms. The van der Waals surface area contributed by atoms with E-state index in [4.69, 9.17) is 4.74 Å². The minimum Gasteiger partial charge on any atom is -0.495 e. The summed E-state index contributed by atoms with van der Waals surface area (Å²) in [6, 6.07) is 7.32. The smallest absolute Gasteiger partial charge is 0.265 e. The van der Waals surface area contributed by atoms with E-state index in [0.29, 0.717) is 40.9 Å². The van der Waals surface area contributed by atoms with Crippen LogP contribution in [-0.2, 0) is 12.8 Å². The minimum atomic E-state index is -0.149. The van der Waals surface area contributed by atoms with Gasteiger partial charge in [-0.15, -0.1) is 11.3 Å². The number of nitrogens with zero attached hydrogens (tertiary/aromatic N) is 2. The van der Waals surface area contributed by atoms with Gasteiger partial charge in [-0.2, -0.15) is 0 Å². The summed E-state index contributed by atoms with van der Waals surface area (Å²) in [7, 11) is 3.64. The maximum atomic E-state index is 13.1. The third kappa shape index (κ3) is 5.25. The van der Waals surface area contributed by atoms with E-state index in [1.54, 1.807) is 36.6 Å². The molecule has 7 heteroatoms. The first-order valence-electron chi connectivity index (χ1n) is 11.7. The number of benzene rings is 1. The largest absolute Gasteiger partial charge is 0.495 e. The lowest BCUT2D eigenvalue weighted by molar-refractivity contribution is 0.0664. The van der Waals surface area contributed by atoms with Crippen molar-refractivity contribution in [2.75, 3.05) is 45.7 Å². The van der Waals surface area contributed by atoms with Crippen molar-refractivity contribution in [2.24, 2.45) is 11.3 Å². The number of piperazine rings is 1. The summed E-state index contributed by atoms with van der Waals surface area (Å²) >= 11 is 1.59. The number of carbonyl (C=O) groups is 2. The molecule has 178 valence electrons. The van der Waals surface area contributed by atoms with Gasteiger partial charge < -0.3 is 19.9 Å². The Bertz CT molecular complexity index is 1030. The number of aryl methyl sites for hydroxylation is 1. The molecule has 2 amide bonds. The predicted molar refractivity (Wildman–Crippen MR) is 134 cm³/mol. The standard InChI is InChI=1S/C26H35N3O3S/c1-26(2,3)19-7-9-22-18(14-19)16-23(33-22)24(30)27-20-15-17(6-8-21(20)32-5)25(31)29-12-10-28(4)11-13-29/h6,8,15-16,19H,7,9-14H2,1-5H3,(H,27,30). The average molecular weight is 470 g/mol. The van der Waals surface area contributed by atoms with Crippen LogP contribution in [0.2, 0.25) is 0 Å². The molecule has 1 aromatic carbocycles. The number of fused-ring (bicyclic) bond motifs is 1. The highest BCUT2D eigenvalue weighted by Crippen LogP contribution is 2.40. The molecule has 4 rings (SSSR count). The molecule has 6 nitrogen and oxygen atoms in total. The van der Waals surface area contributed by atoms with Crippen LogP contribution in [0.15, 0.2) is 24.3 Å². The van der Waals surface area contributed by atoms with Crippen LogP contribution in [-0.4, -0.2) is 62.0 Å². The normalized spacial score (nSPS) is 19.2. The number of carbonyl (C=O) groups excluding carboxylic acids is 2. The van der Waals surface area contributed by atoms with E-state index in [1.807, 2.05) is 4.90 Å². The monoisotopic (exact) mass is 469 g/mol. The molecule has 1 atom stereocenters. The Labute approximate surface area is 200 Å². The van der Waals surface area contributed by atoms with Crippen molar-refractivity contribution in [1.82, 2.24) is 9.80 Å². The van der Waals surface area contributed by atoms with Crippen LogP contribution < -0.4 is 10.1 Å². The summed E-state index contributed by atoms with van der Waals surface area (Å²) in [6.45, 7) is 10.0. The molecule has 1 aliphatic heterocycles. The summed E-state index contributed by atoms with van der Waals surface area (Å²) in [5, 5.41) is 3.00. The molecular formula is C26H35N3O3S. The van der Waals surface area contributed by atoms with Gasteiger partial charge >= 0.3 is 0 Å². The molecule has 2 heterocycles. The second-order valence-corrected chi connectivity index (χ2v) is 11.5. The quantitative estimate of drug-likeness (QED) is 0.714. The molecule has 0 radical (unpaired) electrons. The van der Waals surface area contributed by atoms with Crippen molar-refractivity contribution in [3.8, 4) is 5.75 Å². The van der Waals surface area contributed by atoms with Crippen molar-refractivity contribution in [2.45, 2.75) is 40.0 Å². The van der Waals surface area contributed by atoms with Crippen LogP contribution in [0, 0.1) is 11.3 Å². The fourth-order valence-electron chi connectivity index (χ4n) is 4.69. The van der Waals surface area contributed by atoms with Crippen LogP contribution in [0.3, 0.4) is 0 Å². The van der Waals surface area contributed by atoms with Gasteiger partial charge in [-0.25, -0.2) is 0 Å². The Morgan fingerprint density at radius 2 is 1.85 bits per heavy atom. The molecule has 1 saturated heterocycles. The predicted octanol–water partition coefficient (Wildman–Crippen LogP) is 4.55. The number of thiophene rings is 1. The first-order valence-corrected chi connectivity index (χ1v) is 12.6. The van der Waals surface area contributed by atoms with Crippen molar-refractivity contribution in [3.63, 3.8) is 0 Å². The number of hydrogen-bond acceptors (Lipinski definition) is 5. The molecule has 33 heavy (non-hydrogen) atoms. The molecule has 1 aliphatic carbocycles. The Hall–Kier alpha value is -2.38. The van der Waals surface area contributed by atoms with E-state index >= 15 is 0 Å². The van der Waals surface area contributed by atoms with Crippen LogP contribution in [0.1, 0.15) is 57.7 Å². The number of nitrogens with one attached hydrogen (secondary N) is 1. The van der Waals surface area contributed by atoms with Gasteiger partial charge in [-0.3, -0.25) is 9.59 Å². The third-order valence-electron chi connectivity index (χ3n) is 7.02. The van der Waals surface area contributed by atoms with Gasteiger partial charge in [-0.1, -0.05) is 20.8 Å². The summed E-state index contributed by atoms with van der Waals surface area (Å²) in [4.78, 5) is 32.3. The van der Waals surface area contributed by atoms with Crippen molar-refractivity contribution < 1.29 is 14.3 Å². The number of hydrogen-bond donors (Lipinski definition) is 1. The third-order valence-corrected chi connectivity index (χ3v) is 8.25. The summed E-state index contributed by atoms with van der Waals surface area (Å²) in [5.74, 6) is 1.02. The lowest BCUT2D eigenvalue weighted by Crippen LogP contribution is -2.47. The Kier molecular flexibility index (Phi) is 6.82. The van der Waals surface area contributed by atoms with Gasteiger partial charge in [-0.05, 0) is 67.5 Å².